The van der Waals surface area contributed by atoms with Crippen molar-refractivity contribution in [2.45, 2.75) is 74.7 Å². The van der Waals surface area contributed by atoms with E-state index in [2.05, 4.69) is 79.3 Å². The average molecular weight is 495 g/mol. The van der Waals surface area contributed by atoms with Crippen LogP contribution in [0.15, 0.2) is 101 Å². The van der Waals surface area contributed by atoms with Crippen molar-refractivity contribution in [3.63, 3.8) is 0 Å². The van der Waals surface area contributed by atoms with Gasteiger partial charge in [-0.25, -0.2) is 9.98 Å². The fourth-order valence-electron chi connectivity index (χ4n) is 4.28. The highest BCUT2D eigenvalue weighted by Crippen LogP contribution is 2.43. The lowest BCUT2D eigenvalue weighted by Crippen LogP contribution is -2.23. The van der Waals surface area contributed by atoms with E-state index in [1.165, 1.54) is 5.56 Å². The molecule has 0 bridgehead atoms. The molecular formula is C35H46N2. The van der Waals surface area contributed by atoms with E-state index in [-0.39, 0.29) is 10.8 Å². The van der Waals surface area contributed by atoms with Crippen LogP contribution < -0.4 is 0 Å². The number of amidine groups is 1. The Balaban J connectivity index is 0.00000235. The minimum absolute atomic E-state index is 0.197. The maximum Gasteiger partial charge on any atom is 0.160 e. The van der Waals surface area contributed by atoms with Gasteiger partial charge in [-0.15, -0.1) is 0 Å². The maximum atomic E-state index is 4.97. The van der Waals surface area contributed by atoms with E-state index in [1.54, 1.807) is 0 Å². The molecule has 2 heteroatoms. The van der Waals surface area contributed by atoms with E-state index in [4.69, 9.17) is 9.98 Å². The van der Waals surface area contributed by atoms with Gasteiger partial charge in [-0.2, -0.15) is 0 Å². The summed E-state index contributed by atoms with van der Waals surface area (Å²) in [4.78, 5) is 9.81. The van der Waals surface area contributed by atoms with E-state index >= 15 is 0 Å². The molecule has 0 aliphatic carbocycles. The lowest BCUT2D eigenvalue weighted by atomic mass is 9.69. The van der Waals surface area contributed by atoms with Gasteiger partial charge in [-0.1, -0.05) is 147 Å². The van der Waals surface area contributed by atoms with Crippen LogP contribution in [0.1, 0.15) is 96.9 Å². The fraction of sp³-hybridized carbons (Fsp3) is 0.371. The van der Waals surface area contributed by atoms with Gasteiger partial charge in [-0.3, -0.25) is 0 Å². The van der Waals surface area contributed by atoms with Crippen molar-refractivity contribution in [1.82, 2.24) is 0 Å². The van der Waals surface area contributed by atoms with Gasteiger partial charge in [0.05, 0.1) is 5.70 Å². The quantitative estimate of drug-likeness (QED) is 0.240. The van der Waals surface area contributed by atoms with Gasteiger partial charge in [-0.05, 0) is 46.8 Å². The van der Waals surface area contributed by atoms with Crippen LogP contribution in [0.2, 0.25) is 0 Å². The van der Waals surface area contributed by atoms with Crippen molar-refractivity contribution in [2.24, 2.45) is 20.8 Å². The van der Waals surface area contributed by atoms with Gasteiger partial charge < -0.3 is 0 Å². The Morgan fingerprint density at radius 2 is 1.16 bits per heavy atom. The van der Waals surface area contributed by atoms with E-state index in [9.17, 15) is 0 Å². The zero-order valence-corrected chi connectivity index (χ0v) is 24.5. The van der Waals surface area contributed by atoms with Gasteiger partial charge in [0.15, 0.2) is 5.84 Å². The smallest absolute Gasteiger partial charge is 0.160 e. The Morgan fingerprint density at radius 1 is 0.676 bits per heavy atom. The highest BCUT2D eigenvalue weighted by atomic mass is 14.9. The molecule has 0 saturated carbocycles. The molecule has 0 aliphatic rings. The minimum atomic E-state index is 0.197. The molecule has 2 nitrogen and oxygen atoms in total. The van der Waals surface area contributed by atoms with Crippen LogP contribution in [-0.2, 0) is 0 Å². The van der Waals surface area contributed by atoms with Crippen LogP contribution in [-0.4, -0.2) is 11.5 Å². The number of hydrogen-bond acceptors (Lipinski definition) is 1. The molecular weight excluding hydrogens is 448 g/mol. The van der Waals surface area contributed by atoms with Crippen molar-refractivity contribution in [1.29, 1.82) is 0 Å². The highest BCUT2D eigenvalue weighted by molar-refractivity contribution is 6.12. The maximum absolute atomic E-state index is 4.97. The molecule has 0 fully saturated rings. The van der Waals surface area contributed by atoms with Crippen LogP contribution in [0, 0.1) is 10.8 Å². The molecule has 0 saturated heterocycles. The van der Waals surface area contributed by atoms with Gasteiger partial charge in [0.1, 0.15) is 0 Å². The third-order valence-electron chi connectivity index (χ3n) is 6.25. The normalized spacial score (nSPS) is 13.4. The Morgan fingerprint density at radius 3 is 1.62 bits per heavy atom. The van der Waals surface area contributed by atoms with Crippen LogP contribution in [0.25, 0.3) is 5.70 Å². The first-order chi connectivity index (χ1) is 17.4. The molecule has 0 radical (unpaired) electrons. The SMILES string of the molecule is C=C(N=C(N=C(C)c1ccc(C(CC(C)(C)C)C(C)(C)C)cc1)c1ccccc1)c1ccccc1.CC. The van der Waals surface area contributed by atoms with Crippen LogP contribution in [0.5, 0.6) is 0 Å². The summed E-state index contributed by atoms with van der Waals surface area (Å²) >= 11 is 0. The molecule has 37 heavy (non-hydrogen) atoms. The van der Waals surface area contributed by atoms with Gasteiger partial charge in [0, 0.05) is 11.3 Å². The molecule has 0 aromatic heterocycles. The van der Waals surface area contributed by atoms with Crippen molar-refractivity contribution in [3.05, 3.63) is 114 Å². The molecule has 0 spiro atoms. The topological polar surface area (TPSA) is 24.7 Å². The number of aliphatic imine (C=N–C) groups is 2. The van der Waals surface area contributed by atoms with Crippen LogP contribution >= 0.6 is 0 Å². The molecule has 0 N–H and O–H groups in total. The summed E-state index contributed by atoms with van der Waals surface area (Å²) in [5.74, 6) is 1.16. The van der Waals surface area contributed by atoms with Crippen LogP contribution in [0.4, 0.5) is 0 Å². The summed E-state index contributed by atoms with van der Waals surface area (Å²) in [6.07, 6.45) is 1.15. The Bertz CT molecular complexity index is 1170. The van der Waals surface area contributed by atoms with Crippen LogP contribution in [0.3, 0.4) is 0 Å². The van der Waals surface area contributed by atoms with Gasteiger partial charge in [0.25, 0.3) is 0 Å². The molecule has 1 atom stereocenters. The Labute approximate surface area is 226 Å². The first-order valence-corrected chi connectivity index (χ1v) is 13.5. The summed E-state index contributed by atoms with van der Waals surface area (Å²) in [5.41, 5.74) is 6.56. The summed E-state index contributed by atoms with van der Waals surface area (Å²) < 4.78 is 0. The van der Waals surface area contributed by atoms with Gasteiger partial charge >= 0.3 is 0 Å². The van der Waals surface area contributed by atoms with E-state index < -0.39 is 0 Å². The third kappa shape index (κ3) is 9.28. The first kappa shape index (κ1) is 30.0. The van der Waals surface area contributed by atoms with E-state index in [1.807, 2.05) is 74.5 Å². The summed E-state index contributed by atoms with van der Waals surface area (Å²) in [5, 5.41) is 0. The molecule has 196 valence electrons. The lowest BCUT2D eigenvalue weighted by Gasteiger charge is -2.36. The monoisotopic (exact) mass is 494 g/mol. The second-order valence-electron chi connectivity index (χ2n) is 11.6. The van der Waals surface area contributed by atoms with E-state index in [0.717, 1.165) is 28.8 Å². The third-order valence-corrected chi connectivity index (χ3v) is 6.25. The molecule has 0 amide bonds. The zero-order valence-electron chi connectivity index (χ0n) is 24.5. The summed E-state index contributed by atoms with van der Waals surface area (Å²) in [6.45, 7) is 24.2. The minimum Gasteiger partial charge on any atom is -0.233 e. The largest absolute Gasteiger partial charge is 0.233 e. The second-order valence-corrected chi connectivity index (χ2v) is 11.6. The predicted molar refractivity (Wildman–Crippen MR) is 165 cm³/mol. The Hall–Kier alpha value is -3.26. The summed E-state index contributed by atoms with van der Waals surface area (Å²) in [6, 6.07) is 29.1. The Kier molecular flexibility index (Phi) is 10.8. The second kappa shape index (κ2) is 13.3. The predicted octanol–water partition coefficient (Wildman–Crippen LogP) is 10.2. The molecule has 3 aromatic rings. The number of hydrogen-bond donors (Lipinski definition) is 0. The van der Waals surface area contributed by atoms with Crippen molar-refractivity contribution >= 4 is 17.2 Å². The van der Waals surface area contributed by atoms with Crippen molar-refractivity contribution in [3.8, 4) is 0 Å². The standard InChI is InChI=1S/C33H40N2.C2H6/c1-24(26-15-11-9-12-16-26)34-31(29-17-13-10-14-18-29)35-25(2)27-19-21-28(22-20-27)30(33(6,7)8)23-32(3,4)5;1-2/h9-22,30H,1,23H2,2-8H3;1-2H3. The molecule has 1 unspecified atom stereocenters. The first-order valence-electron chi connectivity index (χ1n) is 13.5. The molecule has 3 aromatic carbocycles. The molecule has 3 rings (SSSR count). The lowest BCUT2D eigenvalue weighted by molar-refractivity contribution is 0.229. The van der Waals surface area contributed by atoms with Crippen molar-refractivity contribution < 1.29 is 0 Å². The average Bonchev–Trinajstić information content (AvgIpc) is 2.88. The molecule has 0 aliphatic heterocycles. The number of nitrogens with zero attached hydrogens (tertiary/aromatic N) is 2. The zero-order chi connectivity index (χ0) is 27.6. The van der Waals surface area contributed by atoms with Crippen molar-refractivity contribution in [2.75, 3.05) is 0 Å². The van der Waals surface area contributed by atoms with E-state index in [0.29, 0.717) is 17.5 Å². The van der Waals surface area contributed by atoms with Gasteiger partial charge in [0.2, 0.25) is 0 Å². The number of benzene rings is 3. The summed E-state index contributed by atoms with van der Waals surface area (Å²) in [7, 11) is 0. The molecule has 0 heterocycles. The highest BCUT2D eigenvalue weighted by Gasteiger charge is 2.30. The fourth-order valence-corrected chi connectivity index (χ4v) is 4.28. The number of rotatable bonds is 6.